The number of nitrogens with one attached hydrogen (secondary N) is 1. The summed E-state index contributed by atoms with van der Waals surface area (Å²) in [4.78, 5) is 2.71. The molecule has 112 valence electrons. The molecule has 2 aliphatic rings. The molecule has 2 heteroatoms. The van der Waals surface area contributed by atoms with Crippen molar-refractivity contribution in [1.82, 2.24) is 10.2 Å². The second-order valence-corrected chi connectivity index (χ2v) is 7.10. The van der Waals surface area contributed by atoms with Gasteiger partial charge in [-0.25, -0.2) is 0 Å². The van der Waals surface area contributed by atoms with Crippen LogP contribution in [0.4, 0.5) is 0 Å². The average Bonchev–Trinajstić information content (AvgIpc) is 2.72. The van der Waals surface area contributed by atoms with Crippen LogP contribution in [-0.2, 0) is 0 Å². The second-order valence-electron chi connectivity index (χ2n) is 7.10. The quantitative estimate of drug-likeness (QED) is 0.672. The van der Waals surface area contributed by atoms with Crippen molar-refractivity contribution < 1.29 is 0 Å². The minimum absolute atomic E-state index is 0.718. The summed E-state index contributed by atoms with van der Waals surface area (Å²) in [7, 11) is 0. The third-order valence-corrected chi connectivity index (χ3v) is 5.17. The van der Waals surface area contributed by atoms with Crippen LogP contribution in [-0.4, -0.2) is 36.1 Å². The number of nitrogens with zero attached hydrogens (tertiary/aromatic N) is 1. The van der Waals surface area contributed by atoms with E-state index in [9.17, 15) is 0 Å². The van der Waals surface area contributed by atoms with Gasteiger partial charge in [0.05, 0.1) is 0 Å². The van der Waals surface area contributed by atoms with E-state index in [0.29, 0.717) is 0 Å². The minimum atomic E-state index is 0.718. The van der Waals surface area contributed by atoms with Crippen LogP contribution in [0.2, 0.25) is 0 Å². The van der Waals surface area contributed by atoms with E-state index in [1.165, 1.54) is 64.5 Å². The van der Waals surface area contributed by atoms with Crippen LogP contribution in [0.25, 0.3) is 0 Å². The number of unbranched alkanes of at least 4 members (excludes halogenated alkanes) is 2. The molecule has 2 heterocycles. The molecule has 19 heavy (non-hydrogen) atoms. The lowest BCUT2D eigenvalue weighted by Gasteiger charge is -2.32. The van der Waals surface area contributed by atoms with Crippen LogP contribution >= 0.6 is 0 Å². The molecule has 0 aromatic carbocycles. The van der Waals surface area contributed by atoms with Crippen molar-refractivity contribution in [2.45, 2.75) is 90.3 Å². The highest BCUT2D eigenvalue weighted by Crippen LogP contribution is 2.32. The van der Waals surface area contributed by atoms with Crippen LogP contribution in [0, 0.1) is 5.92 Å². The molecule has 0 amide bonds. The summed E-state index contributed by atoms with van der Waals surface area (Å²) < 4.78 is 0. The summed E-state index contributed by atoms with van der Waals surface area (Å²) >= 11 is 0. The van der Waals surface area contributed by atoms with Gasteiger partial charge < -0.3 is 10.2 Å². The number of fused-ring (bicyclic) bond motifs is 2. The van der Waals surface area contributed by atoms with Gasteiger partial charge in [0.1, 0.15) is 0 Å². The second kappa shape index (κ2) is 7.64. The van der Waals surface area contributed by atoms with Crippen LogP contribution < -0.4 is 5.32 Å². The fraction of sp³-hybridized carbons (Fsp3) is 1.00. The summed E-state index contributed by atoms with van der Waals surface area (Å²) in [6.07, 6.45) is 11.3. The Bertz CT molecular complexity index is 240. The fourth-order valence-corrected chi connectivity index (χ4v) is 3.95. The lowest BCUT2D eigenvalue weighted by molar-refractivity contribution is 0.183. The van der Waals surface area contributed by atoms with Crippen LogP contribution in [0.5, 0.6) is 0 Å². The van der Waals surface area contributed by atoms with Crippen molar-refractivity contribution in [2.24, 2.45) is 5.92 Å². The fourth-order valence-electron chi connectivity index (χ4n) is 3.95. The molecule has 0 aromatic heterocycles. The van der Waals surface area contributed by atoms with E-state index in [1.807, 2.05) is 0 Å². The number of hydrogen-bond acceptors (Lipinski definition) is 2. The monoisotopic (exact) mass is 266 g/mol. The van der Waals surface area contributed by atoms with Crippen molar-refractivity contribution in [2.75, 3.05) is 13.1 Å². The largest absolute Gasteiger partial charge is 0.311 e. The van der Waals surface area contributed by atoms with E-state index in [-0.39, 0.29) is 0 Å². The summed E-state index contributed by atoms with van der Waals surface area (Å²) in [5, 5.41) is 3.76. The summed E-state index contributed by atoms with van der Waals surface area (Å²) in [5.41, 5.74) is 0. The zero-order valence-corrected chi connectivity index (χ0v) is 13.3. The topological polar surface area (TPSA) is 15.3 Å². The maximum absolute atomic E-state index is 3.76. The third kappa shape index (κ3) is 4.75. The number of rotatable bonds is 8. The van der Waals surface area contributed by atoms with Crippen LogP contribution in [0.3, 0.4) is 0 Å². The standard InChI is InChI=1S/C17H34N2/c1-4-5-6-10-19(14(2)3)11-9-15-12-16-7-8-17(13-15)18-16/h14-18H,4-13H2,1-3H3. The maximum atomic E-state index is 3.76. The van der Waals surface area contributed by atoms with Gasteiger partial charge in [-0.1, -0.05) is 19.8 Å². The van der Waals surface area contributed by atoms with Gasteiger partial charge in [-0.05, 0) is 71.4 Å². The predicted molar refractivity (Wildman–Crippen MR) is 83.5 cm³/mol. The Balaban J connectivity index is 1.69. The van der Waals surface area contributed by atoms with Crippen molar-refractivity contribution >= 4 is 0 Å². The van der Waals surface area contributed by atoms with Gasteiger partial charge in [0.2, 0.25) is 0 Å². The normalized spacial score (nSPS) is 30.5. The van der Waals surface area contributed by atoms with Gasteiger partial charge in [-0.15, -0.1) is 0 Å². The van der Waals surface area contributed by atoms with Crippen molar-refractivity contribution in [3.63, 3.8) is 0 Å². The molecule has 0 aliphatic carbocycles. The molecule has 0 saturated carbocycles. The number of hydrogen-bond donors (Lipinski definition) is 1. The summed E-state index contributed by atoms with van der Waals surface area (Å²) in [5.74, 6) is 0.992. The zero-order chi connectivity index (χ0) is 13.7. The molecular formula is C17H34N2. The maximum Gasteiger partial charge on any atom is 0.00728 e. The summed E-state index contributed by atoms with van der Waals surface area (Å²) in [6.45, 7) is 9.65. The predicted octanol–water partition coefficient (Wildman–Crippen LogP) is 3.81. The van der Waals surface area contributed by atoms with E-state index in [1.54, 1.807) is 0 Å². The average molecular weight is 266 g/mol. The first kappa shape index (κ1) is 15.3. The third-order valence-electron chi connectivity index (χ3n) is 5.17. The van der Waals surface area contributed by atoms with E-state index in [2.05, 4.69) is 31.0 Å². The Kier molecular flexibility index (Phi) is 6.15. The van der Waals surface area contributed by atoms with E-state index in [0.717, 1.165) is 24.0 Å². The smallest absolute Gasteiger partial charge is 0.00728 e. The van der Waals surface area contributed by atoms with Crippen molar-refractivity contribution in [1.29, 1.82) is 0 Å². The Labute approximate surface area is 120 Å². The van der Waals surface area contributed by atoms with Gasteiger partial charge in [-0.3, -0.25) is 0 Å². The SMILES string of the molecule is CCCCCN(CCC1CC2CCC(C1)N2)C(C)C. The molecule has 2 rings (SSSR count). The molecule has 2 atom stereocenters. The molecule has 2 saturated heterocycles. The first-order valence-corrected chi connectivity index (χ1v) is 8.69. The molecule has 2 nitrogen and oxygen atoms in total. The highest BCUT2D eigenvalue weighted by Gasteiger charge is 2.33. The zero-order valence-electron chi connectivity index (χ0n) is 13.3. The molecule has 2 aliphatic heterocycles. The van der Waals surface area contributed by atoms with E-state index in [4.69, 9.17) is 0 Å². The number of piperidine rings is 1. The lowest BCUT2D eigenvalue weighted by atomic mass is 9.89. The molecule has 0 aromatic rings. The minimum Gasteiger partial charge on any atom is -0.311 e. The van der Waals surface area contributed by atoms with Gasteiger partial charge in [0.15, 0.2) is 0 Å². The Morgan fingerprint density at radius 2 is 1.74 bits per heavy atom. The van der Waals surface area contributed by atoms with Crippen LogP contribution in [0.1, 0.15) is 72.1 Å². The van der Waals surface area contributed by atoms with Crippen molar-refractivity contribution in [3.8, 4) is 0 Å². The van der Waals surface area contributed by atoms with Gasteiger partial charge in [0.25, 0.3) is 0 Å². The first-order valence-electron chi connectivity index (χ1n) is 8.69. The molecule has 2 fully saturated rings. The van der Waals surface area contributed by atoms with Crippen molar-refractivity contribution in [3.05, 3.63) is 0 Å². The van der Waals surface area contributed by atoms with Gasteiger partial charge in [-0.2, -0.15) is 0 Å². The molecule has 0 spiro atoms. The highest BCUT2D eigenvalue weighted by atomic mass is 15.1. The molecule has 2 bridgehead atoms. The van der Waals surface area contributed by atoms with E-state index < -0.39 is 0 Å². The molecule has 1 N–H and O–H groups in total. The van der Waals surface area contributed by atoms with Crippen LogP contribution in [0.15, 0.2) is 0 Å². The Morgan fingerprint density at radius 3 is 2.32 bits per heavy atom. The van der Waals surface area contributed by atoms with Gasteiger partial charge in [0, 0.05) is 18.1 Å². The lowest BCUT2D eigenvalue weighted by Crippen LogP contribution is -2.40. The Hall–Kier alpha value is -0.0800. The highest BCUT2D eigenvalue weighted by molar-refractivity contribution is 4.92. The molecular weight excluding hydrogens is 232 g/mol. The molecule has 0 radical (unpaired) electrons. The summed E-state index contributed by atoms with van der Waals surface area (Å²) in [6, 6.07) is 2.43. The Morgan fingerprint density at radius 1 is 1.05 bits per heavy atom. The van der Waals surface area contributed by atoms with E-state index >= 15 is 0 Å². The molecule has 2 unspecified atom stereocenters. The van der Waals surface area contributed by atoms with Gasteiger partial charge >= 0.3 is 0 Å². The first-order chi connectivity index (χ1) is 9.19.